The summed E-state index contributed by atoms with van der Waals surface area (Å²) in [6, 6.07) is 0. The Morgan fingerprint density at radius 1 is 1.60 bits per heavy atom. The molecule has 0 unspecified atom stereocenters. The number of rotatable bonds is 5. The molecule has 1 aliphatic rings. The van der Waals surface area contributed by atoms with E-state index < -0.39 is 0 Å². The second-order valence-corrected chi connectivity index (χ2v) is 3.36. The fourth-order valence-electron chi connectivity index (χ4n) is 1.48. The van der Waals surface area contributed by atoms with Gasteiger partial charge in [0.2, 0.25) is 0 Å². The van der Waals surface area contributed by atoms with Crippen LogP contribution in [0.3, 0.4) is 0 Å². The van der Waals surface area contributed by atoms with E-state index in [1.165, 1.54) is 32.2 Å². The minimum atomic E-state index is 0.670. The molecule has 1 nitrogen and oxygen atoms in total. The fraction of sp³-hybridized carbons (Fsp3) is 0.778. The molecule has 0 atom stereocenters. The van der Waals surface area contributed by atoms with Crippen LogP contribution in [0.5, 0.6) is 0 Å². The van der Waals surface area contributed by atoms with Gasteiger partial charge in [-0.3, -0.25) is 0 Å². The zero-order valence-corrected chi connectivity index (χ0v) is 6.82. The molecule has 0 spiro atoms. The SMILES string of the molecule is C=CCCC1(CNC)CC1. The minimum absolute atomic E-state index is 0.670. The van der Waals surface area contributed by atoms with E-state index in [1.807, 2.05) is 13.1 Å². The molecule has 1 rings (SSSR count). The van der Waals surface area contributed by atoms with Gasteiger partial charge in [-0.05, 0) is 38.1 Å². The van der Waals surface area contributed by atoms with Crippen molar-refractivity contribution in [1.82, 2.24) is 5.32 Å². The van der Waals surface area contributed by atoms with Crippen LogP contribution in [0.1, 0.15) is 25.7 Å². The third-order valence-electron chi connectivity index (χ3n) is 2.39. The van der Waals surface area contributed by atoms with Crippen LogP contribution in [-0.4, -0.2) is 13.6 Å². The van der Waals surface area contributed by atoms with E-state index in [1.54, 1.807) is 0 Å². The first-order valence-electron chi connectivity index (χ1n) is 4.08. The van der Waals surface area contributed by atoms with Gasteiger partial charge >= 0.3 is 0 Å². The van der Waals surface area contributed by atoms with Gasteiger partial charge in [-0.15, -0.1) is 6.58 Å². The lowest BCUT2D eigenvalue weighted by molar-refractivity contribution is 0.448. The molecule has 0 amide bonds. The zero-order valence-electron chi connectivity index (χ0n) is 6.82. The van der Waals surface area contributed by atoms with Crippen LogP contribution in [0.2, 0.25) is 0 Å². The summed E-state index contributed by atoms with van der Waals surface area (Å²) in [5.74, 6) is 0. The Labute approximate surface area is 63.5 Å². The maximum absolute atomic E-state index is 3.73. The van der Waals surface area contributed by atoms with E-state index in [-0.39, 0.29) is 0 Å². The molecule has 0 heterocycles. The minimum Gasteiger partial charge on any atom is -0.319 e. The van der Waals surface area contributed by atoms with Crippen molar-refractivity contribution in [2.45, 2.75) is 25.7 Å². The van der Waals surface area contributed by atoms with E-state index in [9.17, 15) is 0 Å². The van der Waals surface area contributed by atoms with Gasteiger partial charge in [0.05, 0.1) is 0 Å². The third-order valence-corrected chi connectivity index (χ3v) is 2.39. The Hall–Kier alpha value is -0.300. The molecule has 0 aromatic carbocycles. The average molecular weight is 139 g/mol. The molecule has 0 aromatic rings. The summed E-state index contributed by atoms with van der Waals surface area (Å²) in [7, 11) is 2.04. The summed E-state index contributed by atoms with van der Waals surface area (Å²) in [6.07, 6.45) is 7.37. The van der Waals surface area contributed by atoms with Crippen molar-refractivity contribution in [2.75, 3.05) is 13.6 Å². The summed E-state index contributed by atoms with van der Waals surface area (Å²) in [5.41, 5.74) is 0.670. The van der Waals surface area contributed by atoms with Crippen molar-refractivity contribution in [3.05, 3.63) is 12.7 Å². The Morgan fingerprint density at radius 3 is 2.70 bits per heavy atom. The quantitative estimate of drug-likeness (QED) is 0.574. The smallest absolute Gasteiger partial charge is 0.000492 e. The van der Waals surface area contributed by atoms with Gasteiger partial charge in [0.15, 0.2) is 0 Å². The fourth-order valence-corrected chi connectivity index (χ4v) is 1.48. The predicted octanol–water partition coefficient (Wildman–Crippen LogP) is 1.95. The first-order chi connectivity index (χ1) is 4.83. The second-order valence-electron chi connectivity index (χ2n) is 3.36. The molecule has 1 saturated carbocycles. The van der Waals surface area contributed by atoms with Crippen LogP contribution in [0.4, 0.5) is 0 Å². The molecular weight excluding hydrogens is 122 g/mol. The van der Waals surface area contributed by atoms with Crippen molar-refractivity contribution >= 4 is 0 Å². The lowest BCUT2D eigenvalue weighted by Gasteiger charge is -2.11. The normalized spacial score (nSPS) is 20.5. The van der Waals surface area contributed by atoms with E-state index >= 15 is 0 Å². The van der Waals surface area contributed by atoms with Crippen molar-refractivity contribution < 1.29 is 0 Å². The van der Waals surface area contributed by atoms with Crippen molar-refractivity contribution in [2.24, 2.45) is 5.41 Å². The van der Waals surface area contributed by atoms with Crippen LogP contribution in [0.25, 0.3) is 0 Å². The van der Waals surface area contributed by atoms with E-state index in [0.717, 1.165) is 0 Å². The average Bonchev–Trinajstić information content (AvgIpc) is 2.67. The standard InChI is InChI=1S/C9H17N/c1-3-4-5-9(6-7-9)8-10-2/h3,10H,1,4-8H2,2H3. The van der Waals surface area contributed by atoms with Gasteiger partial charge in [-0.2, -0.15) is 0 Å². The molecule has 10 heavy (non-hydrogen) atoms. The predicted molar refractivity (Wildman–Crippen MR) is 45.0 cm³/mol. The van der Waals surface area contributed by atoms with Crippen LogP contribution in [0, 0.1) is 5.41 Å². The highest BCUT2D eigenvalue weighted by molar-refractivity contribution is 4.95. The maximum atomic E-state index is 3.73. The molecule has 58 valence electrons. The molecule has 0 aliphatic heterocycles. The zero-order chi connectivity index (χ0) is 7.45. The number of allylic oxidation sites excluding steroid dienone is 1. The van der Waals surface area contributed by atoms with Crippen LogP contribution in [0.15, 0.2) is 12.7 Å². The highest BCUT2D eigenvalue weighted by atomic mass is 14.8. The molecule has 0 saturated heterocycles. The summed E-state index contributed by atoms with van der Waals surface area (Å²) in [6.45, 7) is 4.93. The lowest BCUT2D eigenvalue weighted by atomic mass is 10.0. The van der Waals surface area contributed by atoms with E-state index in [4.69, 9.17) is 0 Å². The number of hydrogen-bond donors (Lipinski definition) is 1. The number of hydrogen-bond acceptors (Lipinski definition) is 1. The Kier molecular flexibility index (Phi) is 2.50. The lowest BCUT2D eigenvalue weighted by Crippen LogP contribution is -2.19. The monoisotopic (exact) mass is 139 g/mol. The molecule has 1 heteroatoms. The van der Waals surface area contributed by atoms with Crippen LogP contribution >= 0.6 is 0 Å². The molecule has 1 fully saturated rings. The summed E-state index contributed by atoms with van der Waals surface area (Å²) < 4.78 is 0. The van der Waals surface area contributed by atoms with Gasteiger partial charge in [0, 0.05) is 6.54 Å². The van der Waals surface area contributed by atoms with Crippen LogP contribution < -0.4 is 5.32 Å². The largest absolute Gasteiger partial charge is 0.319 e. The number of nitrogens with one attached hydrogen (secondary N) is 1. The Bertz CT molecular complexity index is 114. The van der Waals surface area contributed by atoms with E-state index in [0.29, 0.717) is 5.41 Å². The molecule has 1 aliphatic carbocycles. The van der Waals surface area contributed by atoms with Gasteiger partial charge in [0.1, 0.15) is 0 Å². The van der Waals surface area contributed by atoms with Crippen molar-refractivity contribution in [1.29, 1.82) is 0 Å². The summed E-state index contributed by atoms with van der Waals surface area (Å²) >= 11 is 0. The van der Waals surface area contributed by atoms with Gasteiger partial charge < -0.3 is 5.32 Å². The molecular formula is C9H17N. The first kappa shape index (κ1) is 7.80. The highest BCUT2D eigenvalue weighted by Crippen LogP contribution is 2.48. The Balaban J connectivity index is 2.16. The highest BCUT2D eigenvalue weighted by Gasteiger charge is 2.40. The molecule has 1 N–H and O–H groups in total. The van der Waals surface area contributed by atoms with Crippen molar-refractivity contribution in [3.63, 3.8) is 0 Å². The Morgan fingerprint density at radius 2 is 2.30 bits per heavy atom. The molecule has 0 bridgehead atoms. The third kappa shape index (κ3) is 1.84. The topological polar surface area (TPSA) is 12.0 Å². The maximum Gasteiger partial charge on any atom is 0.000492 e. The van der Waals surface area contributed by atoms with Crippen molar-refractivity contribution in [3.8, 4) is 0 Å². The molecule has 0 aromatic heterocycles. The summed E-state index contributed by atoms with van der Waals surface area (Å²) in [5, 5.41) is 3.25. The van der Waals surface area contributed by atoms with Crippen LogP contribution in [-0.2, 0) is 0 Å². The van der Waals surface area contributed by atoms with Gasteiger partial charge in [-0.1, -0.05) is 6.08 Å². The van der Waals surface area contributed by atoms with Gasteiger partial charge in [0.25, 0.3) is 0 Å². The summed E-state index contributed by atoms with van der Waals surface area (Å²) in [4.78, 5) is 0. The first-order valence-corrected chi connectivity index (χ1v) is 4.08. The van der Waals surface area contributed by atoms with Gasteiger partial charge in [-0.25, -0.2) is 0 Å². The second kappa shape index (κ2) is 3.20. The van der Waals surface area contributed by atoms with E-state index in [2.05, 4.69) is 11.9 Å². The molecule has 0 radical (unpaired) electrons.